The summed E-state index contributed by atoms with van der Waals surface area (Å²) >= 11 is 0. The lowest BCUT2D eigenvalue weighted by atomic mass is 10.0. The van der Waals surface area contributed by atoms with Gasteiger partial charge in [-0.1, -0.05) is 18.2 Å². The zero-order chi connectivity index (χ0) is 16.8. The first kappa shape index (κ1) is 16.9. The molecular weight excluding hydrogens is 298 g/mol. The van der Waals surface area contributed by atoms with E-state index >= 15 is 0 Å². The minimum absolute atomic E-state index is 0.0220. The Labute approximate surface area is 135 Å². The van der Waals surface area contributed by atoms with Crippen molar-refractivity contribution >= 4 is 11.9 Å². The molecule has 0 aliphatic carbocycles. The highest BCUT2D eigenvalue weighted by Crippen LogP contribution is 2.16. The Bertz CT molecular complexity index is 623. The number of hydrogen-bond acceptors (Lipinski definition) is 5. The summed E-state index contributed by atoms with van der Waals surface area (Å²) in [5, 5.41) is 2.79. The number of esters is 1. The Morgan fingerprint density at radius 3 is 2.70 bits per heavy atom. The molecule has 6 heteroatoms. The van der Waals surface area contributed by atoms with Crippen LogP contribution in [-0.2, 0) is 23.8 Å². The van der Waals surface area contributed by atoms with Crippen LogP contribution in [0.3, 0.4) is 0 Å². The fourth-order valence-electron chi connectivity index (χ4n) is 2.08. The van der Waals surface area contributed by atoms with Gasteiger partial charge >= 0.3 is 5.97 Å². The van der Waals surface area contributed by atoms with Crippen LogP contribution < -0.4 is 5.32 Å². The second-order valence-electron chi connectivity index (χ2n) is 5.41. The molecule has 6 nitrogen and oxygen atoms in total. The molecule has 1 atom stereocenters. The molecule has 1 aromatic rings. The van der Waals surface area contributed by atoms with E-state index in [0.29, 0.717) is 6.61 Å². The van der Waals surface area contributed by atoms with Gasteiger partial charge in [0.05, 0.1) is 6.04 Å². The smallest absolute Gasteiger partial charge is 0.377 e. The van der Waals surface area contributed by atoms with Crippen LogP contribution >= 0.6 is 0 Å². The number of amides is 1. The van der Waals surface area contributed by atoms with Gasteiger partial charge in [-0.2, -0.15) is 0 Å². The highest BCUT2D eigenvalue weighted by atomic mass is 16.6. The molecule has 23 heavy (non-hydrogen) atoms. The van der Waals surface area contributed by atoms with Gasteiger partial charge in [-0.05, 0) is 37.5 Å². The van der Waals surface area contributed by atoms with E-state index in [1.54, 1.807) is 0 Å². The first-order valence-corrected chi connectivity index (χ1v) is 7.45. The van der Waals surface area contributed by atoms with E-state index in [1.165, 1.54) is 11.8 Å². The number of benzene rings is 1. The number of aryl methyl sites for hydroxylation is 2. The van der Waals surface area contributed by atoms with Crippen LogP contribution in [0.15, 0.2) is 30.2 Å². The van der Waals surface area contributed by atoms with Crippen molar-refractivity contribution in [2.45, 2.75) is 26.8 Å². The number of hydrogen-bond donors (Lipinski definition) is 1. The molecule has 2 rings (SSSR count). The number of rotatable bonds is 5. The topological polar surface area (TPSA) is 73.9 Å². The zero-order valence-corrected chi connectivity index (χ0v) is 13.5. The van der Waals surface area contributed by atoms with Crippen molar-refractivity contribution in [1.29, 1.82) is 0 Å². The fraction of sp³-hybridized carbons (Fsp3) is 0.412. The summed E-state index contributed by atoms with van der Waals surface area (Å²) in [6.07, 6.45) is 1.20. The maximum Gasteiger partial charge on any atom is 0.377 e. The number of carbonyl (C=O) groups is 2. The van der Waals surface area contributed by atoms with Crippen molar-refractivity contribution in [3.05, 3.63) is 46.9 Å². The lowest BCUT2D eigenvalue weighted by Gasteiger charge is -2.17. The molecule has 1 amide bonds. The quantitative estimate of drug-likeness (QED) is 0.839. The third kappa shape index (κ3) is 4.74. The molecule has 1 aliphatic rings. The monoisotopic (exact) mass is 319 g/mol. The third-order valence-electron chi connectivity index (χ3n) is 3.59. The predicted molar refractivity (Wildman–Crippen MR) is 83.4 cm³/mol. The Morgan fingerprint density at radius 2 is 2.04 bits per heavy atom. The van der Waals surface area contributed by atoms with E-state index in [0.717, 1.165) is 11.1 Å². The first-order chi connectivity index (χ1) is 11.0. The van der Waals surface area contributed by atoms with Crippen molar-refractivity contribution in [1.82, 2.24) is 5.32 Å². The highest BCUT2D eigenvalue weighted by molar-refractivity contribution is 5.88. The molecule has 0 saturated carbocycles. The van der Waals surface area contributed by atoms with E-state index in [1.807, 2.05) is 39.0 Å². The molecule has 1 heterocycles. The number of ether oxygens (including phenoxy) is 3. The van der Waals surface area contributed by atoms with Crippen LogP contribution in [0.1, 0.15) is 29.7 Å². The summed E-state index contributed by atoms with van der Waals surface area (Å²) < 4.78 is 14.9. The van der Waals surface area contributed by atoms with Gasteiger partial charge in [0.2, 0.25) is 5.76 Å². The number of nitrogens with one attached hydrogen (secondary N) is 1. The standard InChI is InChI=1S/C17H21NO5/c1-11-4-5-14(8-12(11)2)13(3)18-16(19)10-23-17(20)15-9-21-6-7-22-15/h4-5,8-9,13H,6-7,10H2,1-3H3,(H,18,19). The summed E-state index contributed by atoms with van der Waals surface area (Å²) in [7, 11) is 0. The zero-order valence-electron chi connectivity index (χ0n) is 13.5. The van der Waals surface area contributed by atoms with Crippen molar-refractivity contribution in [2.75, 3.05) is 19.8 Å². The summed E-state index contributed by atoms with van der Waals surface area (Å²) in [4.78, 5) is 23.6. The van der Waals surface area contributed by atoms with Gasteiger partial charge in [-0.15, -0.1) is 0 Å². The lowest BCUT2D eigenvalue weighted by molar-refractivity contribution is -0.149. The average molecular weight is 319 g/mol. The Hall–Kier alpha value is -2.50. The predicted octanol–water partition coefficient (Wildman–Crippen LogP) is 1.91. The first-order valence-electron chi connectivity index (χ1n) is 7.45. The van der Waals surface area contributed by atoms with E-state index in [4.69, 9.17) is 14.2 Å². The summed E-state index contributed by atoms with van der Waals surface area (Å²) in [5.41, 5.74) is 3.36. The maximum absolute atomic E-state index is 11.9. The Kier molecular flexibility index (Phi) is 5.62. The minimum Gasteiger partial charge on any atom is -0.493 e. The molecule has 0 fully saturated rings. The molecule has 1 aromatic carbocycles. The van der Waals surface area contributed by atoms with Crippen molar-refractivity contribution in [3.8, 4) is 0 Å². The van der Waals surface area contributed by atoms with Gasteiger partial charge in [-0.3, -0.25) is 4.79 Å². The van der Waals surface area contributed by atoms with Gasteiger partial charge in [-0.25, -0.2) is 4.79 Å². The van der Waals surface area contributed by atoms with Gasteiger partial charge < -0.3 is 19.5 Å². The van der Waals surface area contributed by atoms with E-state index in [2.05, 4.69) is 5.32 Å². The fourth-order valence-corrected chi connectivity index (χ4v) is 2.08. The van der Waals surface area contributed by atoms with Crippen LogP contribution in [0.4, 0.5) is 0 Å². The summed E-state index contributed by atoms with van der Waals surface area (Å²) in [5.74, 6) is -1.11. The summed E-state index contributed by atoms with van der Waals surface area (Å²) in [6.45, 7) is 6.25. The molecule has 1 aliphatic heterocycles. The third-order valence-corrected chi connectivity index (χ3v) is 3.59. The molecular formula is C17H21NO5. The molecule has 124 valence electrons. The Balaban J connectivity index is 1.83. The maximum atomic E-state index is 11.9. The molecule has 0 radical (unpaired) electrons. The van der Waals surface area contributed by atoms with Crippen LogP contribution in [-0.4, -0.2) is 31.7 Å². The largest absolute Gasteiger partial charge is 0.493 e. The van der Waals surface area contributed by atoms with E-state index in [9.17, 15) is 9.59 Å². The van der Waals surface area contributed by atoms with Crippen LogP contribution in [0.5, 0.6) is 0 Å². The minimum atomic E-state index is -0.710. The van der Waals surface area contributed by atoms with Crippen LogP contribution in [0.2, 0.25) is 0 Å². The normalized spacial score (nSPS) is 14.8. The van der Waals surface area contributed by atoms with Crippen molar-refractivity contribution < 1.29 is 23.8 Å². The van der Waals surface area contributed by atoms with Gasteiger partial charge in [0.15, 0.2) is 6.61 Å². The van der Waals surface area contributed by atoms with Crippen molar-refractivity contribution in [3.63, 3.8) is 0 Å². The summed E-state index contributed by atoms with van der Waals surface area (Å²) in [6, 6.07) is 5.84. The van der Waals surface area contributed by atoms with E-state index in [-0.39, 0.29) is 30.9 Å². The molecule has 1 N–H and O–H groups in total. The van der Waals surface area contributed by atoms with Gasteiger partial charge in [0.1, 0.15) is 19.5 Å². The van der Waals surface area contributed by atoms with Crippen molar-refractivity contribution in [2.24, 2.45) is 0 Å². The molecule has 0 bridgehead atoms. The molecule has 0 aromatic heterocycles. The molecule has 0 saturated heterocycles. The lowest BCUT2D eigenvalue weighted by Crippen LogP contribution is -2.31. The molecule has 0 spiro atoms. The number of carbonyl (C=O) groups excluding carboxylic acids is 2. The second-order valence-corrected chi connectivity index (χ2v) is 5.41. The van der Waals surface area contributed by atoms with Gasteiger partial charge in [0, 0.05) is 0 Å². The van der Waals surface area contributed by atoms with E-state index < -0.39 is 5.97 Å². The molecule has 1 unspecified atom stereocenters. The average Bonchev–Trinajstić information content (AvgIpc) is 2.55. The second kappa shape index (κ2) is 7.67. The SMILES string of the molecule is Cc1ccc(C(C)NC(=O)COC(=O)C2=COCCO2)cc1C. The Morgan fingerprint density at radius 1 is 1.26 bits per heavy atom. The van der Waals surface area contributed by atoms with Crippen LogP contribution in [0.25, 0.3) is 0 Å². The highest BCUT2D eigenvalue weighted by Gasteiger charge is 2.18. The van der Waals surface area contributed by atoms with Crippen LogP contribution in [0, 0.1) is 13.8 Å². The van der Waals surface area contributed by atoms with Gasteiger partial charge in [0.25, 0.3) is 5.91 Å².